The molecule has 200 valence electrons. The summed E-state index contributed by atoms with van der Waals surface area (Å²) in [5.74, 6) is 2.47. The standard InChI is InChI=1S/C15H10N4.C9H5N.C6H5I.2C2H6/c16-10-12-6-8-13(9-7-12)15-11-19(18-17-15)14-4-2-1-3-5-14;1-2-8-3-5-9(7-10)6-4-8;7-6-4-2-1-3-5-6;2*1-2/h1-9,11H;1,3-6H;1-5H;2*1-2H3. The Labute approximate surface area is 251 Å². The molecule has 0 saturated carbocycles. The van der Waals surface area contributed by atoms with Crippen LogP contribution in [-0.2, 0) is 0 Å². The number of nitrogens with zero attached hydrogens (tertiary/aromatic N) is 5. The number of benzene rings is 4. The zero-order chi connectivity index (χ0) is 29.6. The number of hydrogen-bond acceptors (Lipinski definition) is 4. The Bertz CT molecular complexity index is 1460. The van der Waals surface area contributed by atoms with Gasteiger partial charge >= 0.3 is 0 Å². The lowest BCUT2D eigenvalue weighted by molar-refractivity contribution is 0.804. The largest absolute Gasteiger partial charge is 0.220 e. The van der Waals surface area contributed by atoms with Gasteiger partial charge in [0.05, 0.1) is 35.1 Å². The van der Waals surface area contributed by atoms with Gasteiger partial charge in [0.25, 0.3) is 0 Å². The third-order valence-electron chi connectivity index (χ3n) is 4.74. The molecule has 0 N–H and O–H groups in total. The highest BCUT2D eigenvalue weighted by Crippen LogP contribution is 2.18. The first kappa shape index (κ1) is 33.3. The molecule has 5 nitrogen and oxygen atoms in total. The first-order chi connectivity index (χ1) is 19.6. The fourth-order valence-corrected chi connectivity index (χ4v) is 3.29. The third kappa shape index (κ3) is 11.8. The molecule has 0 unspecified atom stereocenters. The molecule has 6 heteroatoms. The monoisotopic (exact) mass is 637 g/mol. The van der Waals surface area contributed by atoms with E-state index in [2.05, 4.69) is 57.0 Å². The number of nitriles is 2. The Morgan fingerprint density at radius 3 is 1.52 bits per heavy atom. The maximum absolute atomic E-state index is 8.77. The number of hydrogen-bond donors (Lipinski definition) is 0. The number of para-hydroxylation sites is 1. The van der Waals surface area contributed by atoms with Crippen molar-refractivity contribution >= 4 is 22.6 Å². The minimum atomic E-state index is 0.638. The predicted molar refractivity (Wildman–Crippen MR) is 172 cm³/mol. The fraction of sp³-hybridized carbons (Fsp3) is 0.118. The van der Waals surface area contributed by atoms with Crippen LogP contribution in [0.3, 0.4) is 0 Å². The van der Waals surface area contributed by atoms with E-state index in [0.717, 1.165) is 22.5 Å². The minimum absolute atomic E-state index is 0.638. The lowest BCUT2D eigenvalue weighted by Crippen LogP contribution is -1.93. The van der Waals surface area contributed by atoms with Crippen LogP contribution in [0.15, 0.2) is 115 Å². The van der Waals surface area contributed by atoms with Gasteiger partial charge in [0, 0.05) is 14.7 Å². The molecule has 0 bridgehead atoms. The summed E-state index contributed by atoms with van der Waals surface area (Å²) in [5, 5.41) is 25.4. The van der Waals surface area contributed by atoms with Gasteiger partial charge in [-0.2, -0.15) is 10.5 Å². The second kappa shape index (κ2) is 20.3. The first-order valence-electron chi connectivity index (χ1n) is 12.8. The van der Waals surface area contributed by atoms with Gasteiger partial charge in [-0.3, -0.25) is 0 Å². The van der Waals surface area contributed by atoms with Crippen LogP contribution >= 0.6 is 22.6 Å². The summed E-state index contributed by atoms with van der Waals surface area (Å²) >= 11 is 2.28. The molecule has 1 heterocycles. The summed E-state index contributed by atoms with van der Waals surface area (Å²) in [4.78, 5) is 0. The molecule has 4 aromatic carbocycles. The van der Waals surface area contributed by atoms with E-state index >= 15 is 0 Å². The zero-order valence-electron chi connectivity index (χ0n) is 23.2. The Balaban J connectivity index is 0.000000320. The molecular formula is C34H32IN5. The molecule has 0 aliphatic heterocycles. The first-order valence-corrected chi connectivity index (χ1v) is 13.9. The van der Waals surface area contributed by atoms with Crippen molar-refractivity contribution in [1.29, 1.82) is 10.5 Å². The van der Waals surface area contributed by atoms with Crippen molar-refractivity contribution in [2.75, 3.05) is 0 Å². The van der Waals surface area contributed by atoms with E-state index < -0.39 is 0 Å². The van der Waals surface area contributed by atoms with Gasteiger partial charge in [-0.15, -0.1) is 11.5 Å². The van der Waals surface area contributed by atoms with Gasteiger partial charge in [-0.25, -0.2) is 4.68 Å². The van der Waals surface area contributed by atoms with Crippen molar-refractivity contribution in [3.8, 4) is 41.4 Å². The molecule has 1 aromatic heterocycles. The van der Waals surface area contributed by atoms with Crippen LogP contribution in [0.4, 0.5) is 0 Å². The number of halogens is 1. The van der Waals surface area contributed by atoms with Crippen LogP contribution in [0.25, 0.3) is 16.9 Å². The number of terminal acetylenes is 1. The van der Waals surface area contributed by atoms with E-state index in [4.69, 9.17) is 16.9 Å². The lowest BCUT2D eigenvalue weighted by atomic mass is 10.1. The molecule has 0 fully saturated rings. The van der Waals surface area contributed by atoms with Crippen LogP contribution < -0.4 is 0 Å². The number of aromatic nitrogens is 3. The van der Waals surface area contributed by atoms with Crippen molar-refractivity contribution in [3.05, 3.63) is 136 Å². The molecule has 0 amide bonds. The average molecular weight is 638 g/mol. The Hall–Kier alpha value is -4.71. The van der Waals surface area contributed by atoms with E-state index in [1.807, 2.05) is 101 Å². The Kier molecular flexibility index (Phi) is 16.9. The summed E-state index contributed by atoms with van der Waals surface area (Å²) in [6.45, 7) is 8.00. The normalized spacial score (nSPS) is 8.55. The van der Waals surface area contributed by atoms with E-state index in [0.29, 0.717) is 11.1 Å². The highest BCUT2D eigenvalue weighted by atomic mass is 127. The molecule has 0 atom stereocenters. The lowest BCUT2D eigenvalue weighted by Gasteiger charge is -1.97. The summed E-state index contributed by atoms with van der Waals surface area (Å²) < 4.78 is 3.02. The summed E-state index contributed by atoms with van der Waals surface area (Å²) in [6, 6.07) is 38.3. The van der Waals surface area contributed by atoms with Gasteiger partial charge < -0.3 is 0 Å². The van der Waals surface area contributed by atoms with Crippen LogP contribution in [0.5, 0.6) is 0 Å². The van der Waals surface area contributed by atoms with E-state index in [1.54, 1.807) is 41.1 Å². The zero-order valence-corrected chi connectivity index (χ0v) is 25.3. The third-order valence-corrected chi connectivity index (χ3v) is 5.46. The molecule has 0 aliphatic carbocycles. The smallest absolute Gasteiger partial charge is 0.113 e. The fourth-order valence-electron chi connectivity index (χ4n) is 2.87. The Morgan fingerprint density at radius 1 is 0.650 bits per heavy atom. The predicted octanol–water partition coefficient (Wildman–Crippen LogP) is 8.69. The van der Waals surface area contributed by atoms with Crippen molar-refractivity contribution in [2.45, 2.75) is 27.7 Å². The number of rotatable bonds is 2. The molecule has 5 aromatic rings. The SMILES string of the molecule is C#Cc1ccc(C#N)cc1.CC.CC.Ic1ccccc1.N#Cc1ccc(-c2cn(-c3ccccc3)nn2)cc1. The second-order valence-corrected chi connectivity index (χ2v) is 8.45. The van der Waals surface area contributed by atoms with Crippen LogP contribution in [0, 0.1) is 38.6 Å². The van der Waals surface area contributed by atoms with Crippen LogP contribution in [0.1, 0.15) is 44.4 Å². The highest BCUT2D eigenvalue weighted by molar-refractivity contribution is 14.1. The molecule has 40 heavy (non-hydrogen) atoms. The summed E-state index contributed by atoms with van der Waals surface area (Å²) in [7, 11) is 0. The average Bonchev–Trinajstić information content (AvgIpc) is 3.55. The minimum Gasteiger partial charge on any atom is -0.220 e. The molecular weight excluding hydrogens is 605 g/mol. The van der Waals surface area contributed by atoms with Gasteiger partial charge in [0.1, 0.15) is 5.69 Å². The molecule has 0 saturated heterocycles. The van der Waals surface area contributed by atoms with Crippen molar-refractivity contribution in [3.63, 3.8) is 0 Å². The van der Waals surface area contributed by atoms with Crippen molar-refractivity contribution < 1.29 is 0 Å². The summed E-state index contributed by atoms with van der Waals surface area (Å²) in [6.07, 6.45) is 6.98. The van der Waals surface area contributed by atoms with Gasteiger partial charge in [0.2, 0.25) is 0 Å². The van der Waals surface area contributed by atoms with Crippen molar-refractivity contribution in [1.82, 2.24) is 15.0 Å². The maximum Gasteiger partial charge on any atom is 0.113 e. The molecule has 0 radical (unpaired) electrons. The van der Waals surface area contributed by atoms with Crippen molar-refractivity contribution in [2.24, 2.45) is 0 Å². The van der Waals surface area contributed by atoms with E-state index in [9.17, 15) is 0 Å². The van der Waals surface area contributed by atoms with Crippen LogP contribution in [0.2, 0.25) is 0 Å². The Morgan fingerprint density at radius 2 is 1.10 bits per heavy atom. The van der Waals surface area contributed by atoms with Crippen LogP contribution in [-0.4, -0.2) is 15.0 Å². The van der Waals surface area contributed by atoms with Gasteiger partial charge in [-0.05, 0) is 83.3 Å². The second-order valence-electron chi connectivity index (χ2n) is 7.20. The topological polar surface area (TPSA) is 78.3 Å². The molecule has 5 rings (SSSR count). The molecule has 0 aliphatic rings. The van der Waals surface area contributed by atoms with Gasteiger partial charge in [0.15, 0.2) is 0 Å². The summed E-state index contributed by atoms with van der Waals surface area (Å²) in [5.41, 5.74) is 4.78. The van der Waals surface area contributed by atoms with Gasteiger partial charge in [-0.1, -0.05) is 87.4 Å². The maximum atomic E-state index is 8.77. The molecule has 0 spiro atoms. The van der Waals surface area contributed by atoms with E-state index in [-0.39, 0.29) is 0 Å². The highest BCUT2D eigenvalue weighted by Gasteiger charge is 2.05. The quantitative estimate of drug-likeness (QED) is 0.143. The van der Waals surface area contributed by atoms with E-state index in [1.165, 1.54) is 3.57 Å².